The van der Waals surface area contributed by atoms with E-state index in [1.807, 2.05) is 0 Å². The van der Waals surface area contributed by atoms with E-state index in [2.05, 4.69) is 21.2 Å². The van der Waals surface area contributed by atoms with Crippen LogP contribution in [-0.4, -0.2) is 13.0 Å². The minimum atomic E-state index is -0.604. The van der Waals surface area contributed by atoms with Crippen LogP contribution in [0, 0.1) is 5.82 Å². The van der Waals surface area contributed by atoms with E-state index in [4.69, 9.17) is 10.5 Å². The van der Waals surface area contributed by atoms with Crippen LogP contribution in [0.1, 0.15) is 10.4 Å². The van der Waals surface area contributed by atoms with Crippen molar-refractivity contribution in [2.75, 3.05) is 18.2 Å². The highest BCUT2D eigenvalue weighted by atomic mass is 79.9. The Labute approximate surface area is 123 Å². The first-order valence-electron chi connectivity index (χ1n) is 5.72. The molecule has 0 saturated heterocycles. The van der Waals surface area contributed by atoms with E-state index in [9.17, 15) is 9.18 Å². The normalized spacial score (nSPS) is 10.2. The predicted octanol–water partition coefficient (Wildman–Crippen LogP) is 3.43. The summed E-state index contributed by atoms with van der Waals surface area (Å²) in [7, 11) is 1.48. The quantitative estimate of drug-likeness (QED) is 0.842. The lowest BCUT2D eigenvalue weighted by molar-refractivity contribution is 0.102. The third-order valence-electron chi connectivity index (χ3n) is 2.69. The van der Waals surface area contributed by atoms with Gasteiger partial charge in [-0.1, -0.05) is 6.07 Å². The average Bonchev–Trinajstić information content (AvgIpc) is 2.43. The van der Waals surface area contributed by atoms with Gasteiger partial charge in [-0.2, -0.15) is 0 Å². The molecule has 1 amide bonds. The Bertz CT molecular complexity index is 662. The fraction of sp³-hybridized carbons (Fsp3) is 0.0714. The van der Waals surface area contributed by atoms with Gasteiger partial charge in [-0.05, 0) is 40.2 Å². The lowest BCUT2D eigenvalue weighted by Gasteiger charge is -2.10. The zero-order valence-electron chi connectivity index (χ0n) is 10.6. The van der Waals surface area contributed by atoms with Crippen LogP contribution < -0.4 is 15.8 Å². The van der Waals surface area contributed by atoms with Crippen molar-refractivity contribution in [2.24, 2.45) is 0 Å². The minimum Gasteiger partial charge on any atom is -0.495 e. The number of carbonyl (C=O) groups is 1. The predicted molar refractivity (Wildman–Crippen MR) is 79.5 cm³/mol. The van der Waals surface area contributed by atoms with Gasteiger partial charge in [-0.3, -0.25) is 4.79 Å². The maximum Gasteiger partial charge on any atom is 0.258 e. The number of nitrogens with one attached hydrogen (secondary N) is 1. The molecule has 0 spiro atoms. The van der Waals surface area contributed by atoms with Crippen LogP contribution >= 0.6 is 15.9 Å². The monoisotopic (exact) mass is 338 g/mol. The molecule has 0 heterocycles. The van der Waals surface area contributed by atoms with E-state index in [1.54, 1.807) is 24.3 Å². The molecule has 0 bridgehead atoms. The van der Waals surface area contributed by atoms with Gasteiger partial charge >= 0.3 is 0 Å². The fourth-order valence-corrected chi connectivity index (χ4v) is 2.03. The maximum atomic E-state index is 13.8. The molecule has 0 saturated carbocycles. The first-order chi connectivity index (χ1) is 9.52. The van der Waals surface area contributed by atoms with Gasteiger partial charge in [0.1, 0.15) is 11.6 Å². The lowest BCUT2D eigenvalue weighted by Crippen LogP contribution is -2.14. The third kappa shape index (κ3) is 2.91. The van der Waals surface area contributed by atoms with E-state index in [1.165, 1.54) is 19.2 Å². The van der Waals surface area contributed by atoms with Crippen LogP contribution in [0.2, 0.25) is 0 Å². The second-order valence-electron chi connectivity index (χ2n) is 4.01. The highest BCUT2D eigenvalue weighted by Crippen LogP contribution is 2.26. The highest BCUT2D eigenvalue weighted by molar-refractivity contribution is 9.10. The number of nitrogens with two attached hydrogens (primary N) is 1. The number of nitrogen functional groups attached to an aromatic ring is 1. The summed E-state index contributed by atoms with van der Waals surface area (Å²) in [6.45, 7) is 0. The summed E-state index contributed by atoms with van der Waals surface area (Å²) in [4.78, 5) is 12.0. The summed E-state index contributed by atoms with van der Waals surface area (Å²) in [5.41, 5.74) is 6.57. The molecule has 6 heteroatoms. The van der Waals surface area contributed by atoms with Crippen molar-refractivity contribution < 1.29 is 13.9 Å². The maximum absolute atomic E-state index is 13.8. The van der Waals surface area contributed by atoms with Crippen molar-refractivity contribution in [3.05, 3.63) is 52.3 Å². The van der Waals surface area contributed by atoms with Crippen LogP contribution in [0.4, 0.5) is 15.8 Å². The molecule has 0 aliphatic rings. The van der Waals surface area contributed by atoms with Gasteiger partial charge in [0.2, 0.25) is 0 Å². The summed E-state index contributed by atoms with van der Waals surface area (Å²) < 4.78 is 19.1. The molecule has 2 rings (SSSR count). The Balaban J connectivity index is 2.26. The zero-order valence-corrected chi connectivity index (χ0v) is 12.2. The molecule has 0 aliphatic carbocycles. The number of carbonyl (C=O) groups excluding carboxylic acids is 1. The number of hydrogen-bond donors (Lipinski definition) is 2. The Morgan fingerprint density at radius 2 is 2.10 bits per heavy atom. The van der Waals surface area contributed by atoms with Crippen molar-refractivity contribution in [3.63, 3.8) is 0 Å². The molecule has 0 aliphatic heterocycles. The summed E-state index contributed by atoms with van der Waals surface area (Å²) in [5, 5.41) is 2.59. The van der Waals surface area contributed by atoms with Crippen LogP contribution in [0.5, 0.6) is 5.75 Å². The number of hydrogen-bond acceptors (Lipinski definition) is 3. The minimum absolute atomic E-state index is 0.0461. The Morgan fingerprint density at radius 3 is 2.80 bits per heavy atom. The van der Waals surface area contributed by atoms with Crippen molar-refractivity contribution in [3.8, 4) is 5.75 Å². The largest absolute Gasteiger partial charge is 0.495 e. The van der Waals surface area contributed by atoms with Crippen LogP contribution in [0.15, 0.2) is 40.9 Å². The molecular weight excluding hydrogens is 327 g/mol. The second kappa shape index (κ2) is 5.92. The topological polar surface area (TPSA) is 64.3 Å². The summed E-state index contributed by atoms with van der Waals surface area (Å²) in [5.74, 6) is -0.708. The Morgan fingerprint density at radius 1 is 1.35 bits per heavy atom. The fourth-order valence-electron chi connectivity index (χ4n) is 1.67. The molecule has 0 radical (unpaired) electrons. The molecule has 4 nitrogen and oxygen atoms in total. The molecule has 2 aromatic rings. The third-order valence-corrected chi connectivity index (χ3v) is 3.30. The highest BCUT2D eigenvalue weighted by Gasteiger charge is 2.14. The molecule has 0 aromatic heterocycles. The molecule has 0 fully saturated rings. The zero-order chi connectivity index (χ0) is 14.7. The summed E-state index contributed by atoms with van der Waals surface area (Å²) in [6.07, 6.45) is 0. The molecule has 20 heavy (non-hydrogen) atoms. The van der Waals surface area contributed by atoms with Crippen molar-refractivity contribution in [1.82, 2.24) is 0 Å². The van der Waals surface area contributed by atoms with Gasteiger partial charge < -0.3 is 15.8 Å². The Kier molecular flexibility index (Phi) is 4.24. The van der Waals surface area contributed by atoms with Gasteiger partial charge in [0.25, 0.3) is 5.91 Å². The number of methoxy groups -OCH3 is 1. The van der Waals surface area contributed by atoms with E-state index < -0.39 is 11.7 Å². The molecule has 2 aromatic carbocycles. The van der Waals surface area contributed by atoms with Crippen molar-refractivity contribution in [1.29, 1.82) is 0 Å². The number of ether oxygens (including phenoxy) is 1. The average molecular weight is 339 g/mol. The van der Waals surface area contributed by atoms with E-state index >= 15 is 0 Å². The molecule has 3 N–H and O–H groups in total. The molecule has 0 unspecified atom stereocenters. The first-order valence-corrected chi connectivity index (χ1v) is 6.51. The summed E-state index contributed by atoms with van der Waals surface area (Å²) in [6, 6.07) is 9.31. The van der Waals surface area contributed by atoms with Crippen LogP contribution in [-0.2, 0) is 0 Å². The number of anilines is 2. The Hall–Kier alpha value is -2.08. The smallest absolute Gasteiger partial charge is 0.258 e. The van der Waals surface area contributed by atoms with Crippen molar-refractivity contribution >= 4 is 33.2 Å². The lowest BCUT2D eigenvalue weighted by atomic mass is 10.2. The first kappa shape index (κ1) is 14.3. The van der Waals surface area contributed by atoms with E-state index in [0.29, 0.717) is 17.1 Å². The SMILES string of the molecule is COc1cc(NC(=O)c2cccc(Br)c2F)ccc1N. The van der Waals surface area contributed by atoms with Gasteiger partial charge in [-0.15, -0.1) is 0 Å². The van der Waals surface area contributed by atoms with Gasteiger partial charge in [0, 0.05) is 11.8 Å². The van der Waals surface area contributed by atoms with Gasteiger partial charge in [-0.25, -0.2) is 4.39 Å². The van der Waals surface area contributed by atoms with Gasteiger partial charge in [0.05, 0.1) is 22.8 Å². The number of halogens is 2. The summed E-state index contributed by atoms with van der Waals surface area (Å²) >= 11 is 3.04. The molecule has 0 atom stereocenters. The van der Waals surface area contributed by atoms with E-state index in [-0.39, 0.29) is 10.0 Å². The standard InChI is InChI=1S/C14H12BrFN2O2/c1-20-12-7-8(5-6-11(12)17)18-14(19)9-3-2-4-10(15)13(9)16/h2-7H,17H2,1H3,(H,18,19). The number of rotatable bonds is 3. The molecular formula is C14H12BrFN2O2. The van der Waals surface area contributed by atoms with Crippen LogP contribution in [0.3, 0.4) is 0 Å². The van der Waals surface area contributed by atoms with Gasteiger partial charge in [0.15, 0.2) is 0 Å². The molecule has 104 valence electrons. The van der Waals surface area contributed by atoms with Crippen LogP contribution in [0.25, 0.3) is 0 Å². The van der Waals surface area contributed by atoms with Crippen molar-refractivity contribution in [2.45, 2.75) is 0 Å². The number of amides is 1. The number of benzene rings is 2. The van der Waals surface area contributed by atoms with E-state index in [0.717, 1.165) is 0 Å². The second-order valence-corrected chi connectivity index (χ2v) is 4.87.